The van der Waals surface area contributed by atoms with E-state index in [0.717, 1.165) is 25.7 Å². The lowest BCUT2D eigenvalue weighted by Gasteiger charge is -2.34. The molecule has 0 unspecified atom stereocenters. The standard InChI is InChI=1S/C42H32N2.C2H6/c1-2-17-32-31(16-1)35-20-5-9-24-39(35)43(40-25-10-6-21-36(32)40)29-14-13-15-30(28-29)44-41-26-11-7-22-37(41)33-18-3-4-19-34(33)38-23-8-12-27-42(38)44;1-2/h1-9,11,13-24,26,28H,10,12,25,27H2;1-2H3. The summed E-state index contributed by atoms with van der Waals surface area (Å²) in [5, 5.41) is 0. The normalized spacial score (nSPS) is 15.7. The first kappa shape index (κ1) is 28.2. The molecule has 0 aromatic heterocycles. The van der Waals surface area contributed by atoms with Crippen LogP contribution < -0.4 is 9.80 Å². The molecule has 224 valence electrons. The van der Waals surface area contributed by atoms with E-state index in [1.807, 2.05) is 13.8 Å². The summed E-state index contributed by atoms with van der Waals surface area (Å²) in [7, 11) is 0. The average Bonchev–Trinajstić information content (AvgIpc) is 3.34. The van der Waals surface area contributed by atoms with Gasteiger partial charge in [0.05, 0.1) is 11.4 Å². The van der Waals surface area contributed by atoms with Crippen LogP contribution >= 0.6 is 0 Å². The summed E-state index contributed by atoms with van der Waals surface area (Å²) >= 11 is 0. The second-order valence-electron chi connectivity index (χ2n) is 11.9. The van der Waals surface area contributed by atoms with E-state index in [9.17, 15) is 0 Å². The Bertz CT molecular complexity index is 1940. The van der Waals surface area contributed by atoms with Crippen LogP contribution in [0, 0.1) is 0 Å². The van der Waals surface area contributed by atoms with Crippen LogP contribution in [0.4, 0.5) is 22.7 Å². The van der Waals surface area contributed by atoms with Crippen molar-refractivity contribution in [1.29, 1.82) is 0 Å². The zero-order chi connectivity index (χ0) is 31.0. The van der Waals surface area contributed by atoms with Crippen LogP contribution in [0.2, 0.25) is 0 Å². The van der Waals surface area contributed by atoms with Gasteiger partial charge in [-0.1, -0.05) is 129 Å². The number of nitrogens with zero attached hydrogens (tertiary/aromatic N) is 2. The largest absolute Gasteiger partial charge is 0.313 e. The van der Waals surface area contributed by atoms with Gasteiger partial charge in [0, 0.05) is 45.0 Å². The van der Waals surface area contributed by atoms with Gasteiger partial charge >= 0.3 is 0 Å². The minimum atomic E-state index is 1.00. The molecule has 0 bridgehead atoms. The van der Waals surface area contributed by atoms with Gasteiger partial charge in [0.1, 0.15) is 0 Å². The number of hydrogen-bond acceptors (Lipinski definition) is 2. The molecule has 2 aliphatic carbocycles. The van der Waals surface area contributed by atoms with Crippen molar-refractivity contribution in [3.63, 3.8) is 0 Å². The van der Waals surface area contributed by atoms with Gasteiger partial charge in [0.2, 0.25) is 0 Å². The minimum absolute atomic E-state index is 1.00. The van der Waals surface area contributed by atoms with Gasteiger partial charge in [-0.3, -0.25) is 0 Å². The average molecular weight is 595 g/mol. The maximum absolute atomic E-state index is 2.53. The fourth-order valence-corrected chi connectivity index (χ4v) is 7.61. The number of hydrogen-bond donors (Lipinski definition) is 0. The summed E-state index contributed by atoms with van der Waals surface area (Å²) in [5.41, 5.74) is 18.0. The first-order valence-electron chi connectivity index (χ1n) is 16.7. The van der Waals surface area contributed by atoms with Crippen molar-refractivity contribution in [3.8, 4) is 22.3 Å². The third-order valence-corrected chi connectivity index (χ3v) is 9.48. The zero-order valence-electron chi connectivity index (χ0n) is 26.6. The van der Waals surface area contributed by atoms with Gasteiger partial charge in [-0.05, 0) is 78.3 Å². The number of benzene rings is 5. The lowest BCUT2D eigenvalue weighted by molar-refractivity contribution is 0.920. The Morgan fingerprint density at radius 2 is 0.804 bits per heavy atom. The molecule has 0 saturated heterocycles. The number of rotatable bonds is 2. The highest BCUT2D eigenvalue weighted by Crippen LogP contribution is 2.51. The van der Waals surface area contributed by atoms with Crippen molar-refractivity contribution >= 4 is 33.9 Å². The first-order chi connectivity index (χ1) is 22.9. The molecule has 0 saturated carbocycles. The highest BCUT2D eigenvalue weighted by atomic mass is 15.2. The molecule has 0 atom stereocenters. The maximum Gasteiger partial charge on any atom is 0.0537 e. The van der Waals surface area contributed by atoms with Crippen LogP contribution in [0.25, 0.3) is 33.4 Å². The third kappa shape index (κ3) is 4.48. The smallest absolute Gasteiger partial charge is 0.0537 e. The SMILES string of the molecule is C1=CC2=C(CC1)N(c1cccc(N3C4=C(C=CCC4)c4ccccc4-c4ccccc43)c1)c1ccccc1-c1ccccc12.CC. The molecule has 5 aromatic rings. The quantitative estimate of drug-likeness (QED) is 0.201. The lowest BCUT2D eigenvalue weighted by atomic mass is 9.91. The van der Waals surface area contributed by atoms with Crippen molar-refractivity contribution in [2.75, 3.05) is 9.80 Å². The summed E-state index contributed by atoms with van der Waals surface area (Å²) in [6.45, 7) is 4.00. The van der Waals surface area contributed by atoms with E-state index in [2.05, 4.69) is 155 Å². The Hall–Kier alpha value is -5.34. The molecule has 4 aliphatic rings. The Kier molecular flexibility index (Phi) is 7.27. The van der Waals surface area contributed by atoms with Gasteiger partial charge in [0.15, 0.2) is 0 Å². The fraction of sp³-hybridized carbons (Fsp3) is 0.136. The Morgan fingerprint density at radius 1 is 0.413 bits per heavy atom. The zero-order valence-corrected chi connectivity index (χ0v) is 26.6. The van der Waals surface area contributed by atoms with Crippen LogP contribution in [0.1, 0.15) is 50.7 Å². The van der Waals surface area contributed by atoms with Crippen LogP contribution in [0.3, 0.4) is 0 Å². The van der Waals surface area contributed by atoms with Gasteiger partial charge in [-0.15, -0.1) is 0 Å². The highest BCUT2D eigenvalue weighted by Gasteiger charge is 2.30. The summed E-state index contributed by atoms with van der Waals surface area (Å²) < 4.78 is 0. The van der Waals surface area contributed by atoms with Crippen molar-refractivity contribution in [3.05, 3.63) is 168 Å². The van der Waals surface area contributed by atoms with Gasteiger partial charge in [0.25, 0.3) is 0 Å². The highest BCUT2D eigenvalue weighted by molar-refractivity contribution is 6.01. The van der Waals surface area contributed by atoms with Gasteiger partial charge in [-0.25, -0.2) is 0 Å². The van der Waals surface area contributed by atoms with E-state index in [1.165, 1.54) is 78.7 Å². The molecule has 2 heterocycles. The number of allylic oxidation sites excluding steroid dienone is 8. The van der Waals surface area contributed by atoms with Crippen LogP contribution in [0.5, 0.6) is 0 Å². The van der Waals surface area contributed by atoms with Crippen molar-refractivity contribution < 1.29 is 0 Å². The molecule has 0 N–H and O–H groups in total. The van der Waals surface area contributed by atoms with E-state index < -0.39 is 0 Å². The van der Waals surface area contributed by atoms with Crippen LogP contribution in [0.15, 0.2) is 157 Å². The number of fused-ring (bicyclic) bond motifs is 8. The topological polar surface area (TPSA) is 6.48 Å². The van der Waals surface area contributed by atoms with Gasteiger partial charge in [-0.2, -0.15) is 0 Å². The fourth-order valence-electron chi connectivity index (χ4n) is 7.61. The molecule has 46 heavy (non-hydrogen) atoms. The first-order valence-corrected chi connectivity index (χ1v) is 16.7. The van der Waals surface area contributed by atoms with E-state index in [1.54, 1.807) is 0 Å². The minimum Gasteiger partial charge on any atom is -0.313 e. The molecule has 0 amide bonds. The number of anilines is 4. The Labute approximate surface area is 273 Å². The molecule has 0 radical (unpaired) electrons. The molecule has 9 rings (SSSR count). The van der Waals surface area contributed by atoms with E-state index in [0.29, 0.717) is 0 Å². The second-order valence-corrected chi connectivity index (χ2v) is 11.9. The van der Waals surface area contributed by atoms with Crippen LogP contribution in [-0.2, 0) is 0 Å². The molecule has 5 aromatic carbocycles. The molecule has 2 heteroatoms. The molecule has 0 fully saturated rings. The predicted octanol–water partition coefficient (Wildman–Crippen LogP) is 12.5. The van der Waals surface area contributed by atoms with E-state index >= 15 is 0 Å². The summed E-state index contributed by atoms with van der Waals surface area (Å²) in [6.07, 6.45) is 13.4. The Balaban J connectivity index is 0.00000153. The van der Waals surface area contributed by atoms with Crippen LogP contribution in [-0.4, -0.2) is 0 Å². The van der Waals surface area contributed by atoms with Crippen molar-refractivity contribution in [1.82, 2.24) is 0 Å². The second kappa shape index (κ2) is 11.9. The third-order valence-electron chi connectivity index (χ3n) is 9.48. The Morgan fingerprint density at radius 3 is 1.26 bits per heavy atom. The predicted molar refractivity (Wildman–Crippen MR) is 196 cm³/mol. The molecule has 2 aliphatic heterocycles. The molecule has 0 spiro atoms. The van der Waals surface area contributed by atoms with Crippen molar-refractivity contribution in [2.45, 2.75) is 39.5 Å². The van der Waals surface area contributed by atoms with Gasteiger partial charge < -0.3 is 9.80 Å². The monoisotopic (exact) mass is 594 g/mol. The summed E-state index contributed by atoms with van der Waals surface area (Å²) in [6, 6.07) is 44.8. The lowest BCUT2D eigenvalue weighted by Crippen LogP contribution is -2.21. The van der Waals surface area contributed by atoms with Crippen molar-refractivity contribution in [2.24, 2.45) is 0 Å². The molecular weight excluding hydrogens is 556 g/mol. The maximum atomic E-state index is 2.53. The number of para-hydroxylation sites is 2. The van der Waals surface area contributed by atoms with E-state index in [4.69, 9.17) is 0 Å². The summed E-state index contributed by atoms with van der Waals surface area (Å²) in [5.74, 6) is 0. The summed E-state index contributed by atoms with van der Waals surface area (Å²) in [4.78, 5) is 5.07. The van der Waals surface area contributed by atoms with E-state index in [-0.39, 0.29) is 0 Å². The molecular formula is C44H38N2. The molecule has 2 nitrogen and oxygen atoms in total.